The molecule has 1 heterocycles. The Balaban J connectivity index is 2.03. The molecule has 132 valence electrons. The number of hydrogen-bond acceptors (Lipinski definition) is 6. The maximum atomic E-state index is 12.4. The molecule has 25 heavy (non-hydrogen) atoms. The highest BCUT2D eigenvalue weighted by molar-refractivity contribution is 5.94. The first kappa shape index (κ1) is 18.2. The summed E-state index contributed by atoms with van der Waals surface area (Å²) in [5.41, 5.74) is 1.04. The van der Waals surface area contributed by atoms with Crippen molar-refractivity contribution >= 4 is 12.1 Å². The molecule has 0 unspecified atom stereocenters. The van der Waals surface area contributed by atoms with Crippen LogP contribution in [-0.2, 0) is 22.3 Å². The summed E-state index contributed by atoms with van der Waals surface area (Å²) in [6, 6.07) is 6.23. The van der Waals surface area contributed by atoms with E-state index in [-0.39, 0.29) is 18.1 Å². The topological polar surface area (TPSA) is 101 Å². The highest BCUT2D eigenvalue weighted by Crippen LogP contribution is 2.29. The van der Waals surface area contributed by atoms with Gasteiger partial charge < -0.3 is 20.0 Å². The lowest BCUT2D eigenvalue weighted by molar-refractivity contribution is -0.159. The van der Waals surface area contributed by atoms with E-state index in [1.165, 1.54) is 25.3 Å². The Morgan fingerprint density at radius 1 is 1.36 bits per heavy atom. The van der Waals surface area contributed by atoms with Crippen LogP contribution < -0.4 is 5.32 Å². The van der Waals surface area contributed by atoms with Crippen LogP contribution in [-0.4, -0.2) is 29.4 Å². The zero-order valence-electron chi connectivity index (χ0n) is 12.9. The Labute approximate surface area is 140 Å². The zero-order valence-corrected chi connectivity index (χ0v) is 12.9. The molecule has 0 bridgehead atoms. The van der Waals surface area contributed by atoms with Gasteiger partial charge in [0.1, 0.15) is 0 Å². The quantitative estimate of drug-likeness (QED) is 0.472. The van der Waals surface area contributed by atoms with E-state index >= 15 is 0 Å². The van der Waals surface area contributed by atoms with Crippen molar-refractivity contribution in [2.75, 3.05) is 7.11 Å². The number of nitrogens with zero attached hydrogens (tertiary/aromatic N) is 2. The Hall–Kier alpha value is -3.17. The molecule has 0 aliphatic heterocycles. The highest BCUT2D eigenvalue weighted by Gasteiger charge is 2.38. The van der Waals surface area contributed by atoms with Gasteiger partial charge in [-0.2, -0.15) is 18.2 Å². The summed E-state index contributed by atoms with van der Waals surface area (Å²) in [5, 5.41) is 12.8. The number of aromatic nitrogens is 2. The lowest BCUT2D eigenvalue weighted by atomic mass is 10.1. The van der Waals surface area contributed by atoms with E-state index < -0.39 is 18.0 Å². The summed E-state index contributed by atoms with van der Waals surface area (Å²) >= 11 is 0. The predicted octanol–water partition coefficient (Wildman–Crippen LogP) is 2.55. The number of carbonyl (C=O) groups excluding carboxylic acids is 1. The van der Waals surface area contributed by atoms with Crippen molar-refractivity contribution in [2.45, 2.75) is 12.7 Å². The lowest BCUT2D eigenvalue weighted by Gasteiger charge is -2.07. The van der Waals surface area contributed by atoms with Crippen molar-refractivity contribution in [3.8, 4) is 11.4 Å². The van der Waals surface area contributed by atoms with E-state index in [4.69, 9.17) is 10.1 Å². The molecule has 2 aromatic rings. The van der Waals surface area contributed by atoms with Gasteiger partial charge in [-0.05, 0) is 5.56 Å². The standard InChI is InChI=1S/C15H13F3N4O3/c1-24-11(6-7-19)13(23)20-8-9-2-4-10(5-3-9)12-21-14(25-22-12)15(16,17)18/h2-7,19H,8H2,1H3,(H,20,23)/b11-6+,19-7?. The number of ether oxygens (including phenoxy) is 1. The number of benzene rings is 1. The number of amides is 1. The highest BCUT2D eigenvalue weighted by atomic mass is 19.4. The first-order valence-electron chi connectivity index (χ1n) is 6.88. The number of carbonyl (C=O) groups is 1. The minimum absolute atomic E-state index is 0.0157. The third kappa shape index (κ3) is 4.66. The van der Waals surface area contributed by atoms with E-state index in [1.807, 2.05) is 0 Å². The average molecular weight is 354 g/mol. The fraction of sp³-hybridized carbons (Fsp3) is 0.200. The molecule has 0 saturated heterocycles. The van der Waals surface area contributed by atoms with Crippen LogP contribution in [0.15, 0.2) is 40.6 Å². The van der Waals surface area contributed by atoms with Crippen molar-refractivity contribution in [1.82, 2.24) is 15.5 Å². The number of rotatable bonds is 6. The van der Waals surface area contributed by atoms with Crippen LogP contribution in [0.3, 0.4) is 0 Å². The number of allylic oxidation sites excluding steroid dienone is 1. The van der Waals surface area contributed by atoms with Gasteiger partial charge in [0, 0.05) is 24.4 Å². The van der Waals surface area contributed by atoms with E-state index in [2.05, 4.69) is 20.0 Å². The molecule has 0 aliphatic rings. The van der Waals surface area contributed by atoms with Gasteiger partial charge in [-0.25, -0.2) is 0 Å². The molecule has 7 nitrogen and oxygen atoms in total. The van der Waals surface area contributed by atoms with Crippen LogP contribution in [0, 0.1) is 5.41 Å². The van der Waals surface area contributed by atoms with Gasteiger partial charge in [-0.15, -0.1) is 0 Å². The van der Waals surface area contributed by atoms with Crippen molar-refractivity contribution < 1.29 is 27.2 Å². The van der Waals surface area contributed by atoms with Crippen molar-refractivity contribution in [2.24, 2.45) is 0 Å². The normalized spacial score (nSPS) is 11.9. The Morgan fingerprint density at radius 3 is 2.56 bits per heavy atom. The number of hydrogen-bond donors (Lipinski definition) is 2. The fourth-order valence-corrected chi connectivity index (χ4v) is 1.81. The SMILES string of the molecule is CO/C(=C/C=N)C(=O)NCc1ccc(-c2noc(C(F)(F)F)n2)cc1. The molecule has 2 N–H and O–H groups in total. The molecule has 0 radical (unpaired) electrons. The molecule has 1 aromatic heterocycles. The maximum Gasteiger partial charge on any atom is 0.471 e. The summed E-state index contributed by atoms with van der Waals surface area (Å²) in [6.07, 6.45) is -2.57. The molecular formula is C15H13F3N4O3. The molecule has 0 saturated carbocycles. The predicted molar refractivity (Wildman–Crippen MR) is 80.5 cm³/mol. The largest absolute Gasteiger partial charge is 0.491 e. The van der Waals surface area contributed by atoms with E-state index in [1.54, 1.807) is 12.1 Å². The maximum absolute atomic E-state index is 12.4. The summed E-state index contributed by atoms with van der Waals surface area (Å²) in [4.78, 5) is 15.1. The lowest BCUT2D eigenvalue weighted by Crippen LogP contribution is -2.25. The number of methoxy groups -OCH3 is 1. The van der Waals surface area contributed by atoms with Gasteiger partial charge in [-0.1, -0.05) is 29.4 Å². The van der Waals surface area contributed by atoms with Crippen LogP contribution in [0.25, 0.3) is 11.4 Å². The monoisotopic (exact) mass is 354 g/mol. The molecular weight excluding hydrogens is 341 g/mol. The van der Waals surface area contributed by atoms with Crippen LogP contribution in [0.4, 0.5) is 13.2 Å². The molecule has 0 fully saturated rings. The van der Waals surface area contributed by atoms with Gasteiger partial charge in [0.25, 0.3) is 5.91 Å². The Morgan fingerprint density at radius 2 is 2.04 bits per heavy atom. The summed E-state index contributed by atoms with van der Waals surface area (Å²) in [7, 11) is 1.31. The zero-order chi connectivity index (χ0) is 18.4. The molecule has 2 rings (SSSR count). The van der Waals surface area contributed by atoms with E-state index in [9.17, 15) is 18.0 Å². The van der Waals surface area contributed by atoms with Gasteiger partial charge >= 0.3 is 12.1 Å². The number of nitrogens with one attached hydrogen (secondary N) is 2. The molecule has 0 aliphatic carbocycles. The van der Waals surface area contributed by atoms with Crippen molar-refractivity contribution in [3.05, 3.63) is 47.6 Å². The van der Waals surface area contributed by atoms with Gasteiger partial charge in [0.2, 0.25) is 5.82 Å². The minimum Gasteiger partial charge on any atom is -0.491 e. The average Bonchev–Trinajstić information content (AvgIpc) is 3.08. The number of halogens is 3. The van der Waals surface area contributed by atoms with Crippen molar-refractivity contribution in [3.63, 3.8) is 0 Å². The van der Waals surface area contributed by atoms with Gasteiger partial charge in [-0.3, -0.25) is 4.79 Å². The minimum atomic E-state index is -4.70. The Bertz CT molecular complexity index is 782. The fourth-order valence-electron chi connectivity index (χ4n) is 1.81. The first-order chi connectivity index (χ1) is 11.8. The molecule has 10 heteroatoms. The Kier molecular flexibility index (Phi) is 5.52. The third-order valence-corrected chi connectivity index (χ3v) is 3.01. The van der Waals surface area contributed by atoms with Crippen molar-refractivity contribution in [1.29, 1.82) is 5.41 Å². The second-order valence-electron chi connectivity index (χ2n) is 4.70. The second kappa shape index (κ2) is 7.60. The third-order valence-electron chi connectivity index (χ3n) is 3.01. The molecule has 0 spiro atoms. The molecule has 1 aromatic carbocycles. The van der Waals surface area contributed by atoms with E-state index in [0.717, 1.165) is 6.21 Å². The van der Waals surface area contributed by atoms with Gasteiger partial charge in [0.05, 0.1) is 7.11 Å². The second-order valence-corrected chi connectivity index (χ2v) is 4.70. The van der Waals surface area contributed by atoms with Crippen LogP contribution in [0.1, 0.15) is 11.5 Å². The first-order valence-corrected chi connectivity index (χ1v) is 6.88. The molecule has 0 atom stereocenters. The van der Waals surface area contributed by atoms with Crippen LogP contribution in [0.2, 0.25) is 0 Å². The number of alkyl halides is 3. The van der Waals surface area contributed by atoms with Crippen LogP contribution in [0.5, 0.6) is 0 Å². The molecule has 1 amide bonds. The summed E-state index contributed by atoms with van der Waals surface area (Å²) in [5.74, 6) is -2.11. The van der Waals surface area contributed by atoms with E-state index in [0.29, 0.717) is 11.1 Å². The summed E-state index contributed by atoms with van der Waals surface area (Å²) in [6.45, 7) is 0.165. The van der Waals surface area contributed by atoms with Crippen LogP contribution >= 0.6 is 0 Å². The summed E-state index contributed by atoms with van der Waals surface area (Å²) < 4.78 is 46.3. The van der Waals surface area contributed by atoms with Gasteiger partial charge in [0.15, 0.2) is 5.76 Å². The smallest absolute Gasteiger partial charge is 0.471 e.